The molecule has 0 aromatic carbocycles. The average Bonchev–Trinajstić information content (AvgIpc) is 2.25. The van der Waals surface area contributed by atoms with Crippen LogP contribution in [0.5, 0.6) is 0 Å². The van der Waals surface area contributed by atoms with Gasteiger partial charge in [0.25, 0.3) is 0 Å². The summed E-state index contributed by atoms with van der Waals surface area (Å²) in [5.74, 6) is 3.30. The second kappa shape index (κ2) is 7.53. The standard InChI is InChI=1S/C12H26N2S/c1-3-15-9-5-8-14-7-4-6-12(10-14)11(2)13/h11-12H,3-10,13H2,1-2H3. The fraction of sp³-hybridized carbons (Fsp3) is 1.00. The quantitative estimate of drug-likeness (QED) is 0.709. The van der Waals surface area contributed by atoms with Gasteiger partial charge >= 0.3 is 0 Å². The van der Waals surface area contributed by atoms with Crippen LogP contribution in [0.2, 0.25) is 0 Å². The van der Waals surface area contributed by atoms with Crippen LogP contribution in [-0.2, 0) is 0 Å². The number of hydrogen-bond acceptors (Lipinski definition) is 3. The Bertz CT molecular complexity index is 162. The van der Waals surface area contributed by atoms with Crippen molar-refractivity contribution in [1.82, 2.24) is 4.90 Å². The van der Waals surface area contributed by atoms with Gasteiger partial charge in [-0.3, -0.25) is 0 Å². The van der Waals surface area contributed by atoms with Crippen molar-refractivity contribution in [2.75, 3.05) is 31.1 Å². The number of thioether (sulfide) groups is 1. The van der Waals surface area contributed by atoms with Gasteiger partial charge in [0.15, 0.2) is 0 Å². The van der Waals surface area contributed by atoms with Crippen LogP contribution < -0.4 is 5.73 Å². The summed E-state index contributed by atoms with van der Waals surface area (Å²) in [5.41, 5.74) is 5.97. The van der Waals surface area contributed by atoms with Crippen LogP contribution in [0.25, 0.3) is 0 Å². The van der Waals surface area contributed by atoms with Gasteiger partial charge in [0.05, 0.1) is 0 Å². The van der Waals surface area contributed by atoms with E-state index in [4.69, 9.17) is 5.73 Å². The highest BCUT2D eigenvalue weighted by Crippen LogP contribution is 2.19. The van der Waals surface area contributed by atoms with Crippen molar-refractivity contribution in [3.8, 4) is 0 Å². The number of nitrogens with zero attached hydrogens (tertiary/aromatic N) is 1. The van der Waals surface area contributed by atoms with Crippen LogP contribution >= 0.6 is 11.8 Å². The second-order valence-electron chi connectivity index (χ2n) is 4.61. The van der Waals surface area contributed by atoms with Crippen molar-refractivity contribution < 1.29 is 0 Å². The third-order valence-corrected chi connectivity index (χ3v) is 4.24. The normalized spacial score (nSPS) is 25.4. The molecule has 3 heteroatoms. The van der Waals surface area contributed by atoms with Crippen LogP contribution in [0.15, 0.2) is 0 Å². The minimum atomic E-state index is 0.373. The summed E-state index contributed by atoms with van der Waals surface area (Å²) in [7, 11) is 0. The van der Waals surface area contributed by atoms with Gasteiger partial charge in [-0.05, 0) is 56.7 Å². The summed E-state index contributed by atoms with van der Waals surface area (Å²) in [5, 5.41) is 0. The van der Waals surface area contributed by atoms with Gasteiger partial charge in [0.1, 0.15) is 0 Å². The lowest BCUT2D eigenvalue weighted by Gasteiger charge is -2.34. The molecule has 0 spiro atoms. The highest BCUT2D eigenvalue weighted by atomic mass is 32.2. The third kappa shape index (κ3) is 5.23. The number of hydrogen-bond donors (Lipinski definition) is 1. The number of nitrogens with two attached hydrogens (primary N) is 1. The molecule has 1 saturated heterocycles. The van der Waals surface area contributed by atoms with E-state index in [1.807, 2.05) is 0 Å². The fourth-order valence-corrected chi connectivity index (χ4v) is 2.88. The maximum atomic E-state index is 5.97. The van der Waals surface area contributed by atoms with Gasteiger partial charge in [-0.2, -0.15) is 11.8 Å². The molecule has 2 atom stereocenters. The van der Waals surface area contributed by atoms with E-state index in [1.54, 1.807) is 0 Å². The molecule has 0 aromatic heterocycles. The zero-order valence-electron chi connectivity index (χ0n) is 10.2. The monoisotopic (exact) mass is 230 g/mol. The first kappa shape index (κ1) is 13.3. The maximum absolute atomic E-state index is 5.97. The van der Waals surface area contributed by atoms with Crippen molar-refractivity contribution in [1.29, 1.82) is 0 Å². The highest BCUT2D eigenvalue weighted by Gasteiger charge is 2.21. The van der Waals surface area contributed by atoms with Gasteiger partial charge in [-0.1, -0.05) is 6.92 Å². The Hall–Kier alpha value is 0.270. The van der Waals surface area contributed by atoms with Gasteiger partial charge < -0.3 is 10.6 Å². The molecule has 1 aliphatic rings. The molecule has 0 aliphatic carbocycles. The second-order valence-corrected chi connectivity index (χ2v) is 6.01. The molecular weight excluding hydrogens is 204 g/mol. The lowest BCUT2D eigenvalue weighted by Crippen LogP contribution is -2.42. The molecule has 0 saturated carbocycles. The lowest BCUT2D eigenvalue weighted by atomic mass is 9.92. The van der Waals surface area contributed by atoms with Crippen LogP contribution in [0.1, 0.15) is 33.1 Å². The van der Waals surface area contributed by atoms with Gasteiger partial charge in [-0.25, -0.2) is 0 Å². The minimum absolute atomic E-state index is 0.373. The van der Waals surface area contributed by atoms with Crippen molar-refractivity contribution in [3.63, 3.8) is 0 Å². The Labute approximate surface area is 99.0 Å². The first-order valence-electron chi connectivity index (χ1n) is 6.29. The molecule has 15 heavy (non-hydrogen) atoms. The predicted octanol–water partition coefficient (Wildman–Crippen LogP) is 2.19. The highest BCUT2D eigenvalue weighted by molar-refractivity contribution is 7.99. The average molecular weight is 230 g/mol. The molecule has 1 rings (SSSR count). The molecule has 0 bridgehead atoms. The molecule has 0 aromatic rings. The van der Waals surface area contributed by atoms with Crippen molar-refractivity contribution in [2.24, 2.45) is 11.7 Å². The smallest absolute Gasteiger partial charge is 0.00509 e. The molecule has 2 nitrogen and oxygen atoms in total. The topological polar surface area (TPSA) is 29.3 Å². The van der Waals surface area contributed by atoms with E-state index in [-0.39, 0.29) is 0 Å². The molecule has 1 aliphatic heterocycles. The van der Waals surface area contributed by atoms with E-state index in [9.17, 15) is 0 Å². The third-order valence-electron chi connectivity index (χ3n) is 3.25. The van der Waals surface area contributed by atoms with Crippen LogP contribution in [0, 0.1) is 5.92 Å². The summed E-state index contributed by atoms with van der Waals surface area (Å²) in [6.45, 7) is 8.18. The maximum Gasteiger partial charge on any atom is 0.00509 e. The Morgan fingerprint density at radius 2 is 2.33 bits per heavy atom. The van der Waals surface area contributed by atoms with E-state index in [0.29, 0.717) is 6.04 Å². The molecule has 1 heterocycles. The SMILES string of the molecule is CCSCCCN1CCCC(C(C)N)C1. The number of rotatable bonds is 6. The Morgan fingerprint density at radius 3 is 3.00 bits per heavy atom. The molecule has 0 amide bonds. The first-order valence-corrected chi connectivity index (χ1v) is 7.45. The van der Waals surface area contributed by atoms with Gasteiger partial charge in [0.2, 0.25) is 0 Å². The van der Waals surface area contributed by atoms with Crippen molar-refractivity contribution in [3.05, 3.63) is 0 Å². The van der Waals surface area contributed by atoms with Crippen LogP contribution in [0.4, 0.5) is 0 Å². The minimum Gasteiger partial charge on any atom is -0.328 e. The van der Waals surface area contributed by atoms with E-state index in [0.717, 1.165) is 5.92 Å². The molecular formula is C12H26N2S. The van der Waals surface area contributed by atoms with Crippen molar-refractivity contribution >= 4 is 11.8 Å². The predicted molar refractivity (Wildman–Crippen MR) is 70.4 cm³/mol. The van der Waals surface area contributed by atoms with Gasteiger partial charge in [-0.15, -0.1) is 0 Å². The number of likely N-dealkylation sites (tertiary alicyclic amines) is 1. The molecule has 0 radical (unpaired) electrons. The summed E-state index contributed by atoms with van der Waals surface area (Å²) in [6, 6.07) is 0.373. The lowest BCUT2D eigenvalue weighted by molar-refractivity contribution is 0.162. The Balaban J connectivity index is 2.13. The van der Waals surface area contributed by atoms with Crippen LogP contribution in [0.3, 0.4) is 0 Å². The first-order chi connectivity index (χ1) is 7.24. The Kier molecular flexibility index (Phi) is 6.69. The molecule has 90 valence electrons. The largest absolute Gasteiger partial charge is 0.328 e. The van der Waals surface area contributed by atoms with E-state index < -0.39 is 0 Å². The van der Waals surface area contributed by atoms with Crippen molar-refractivity contribution in [2.45, 2.75) is 39.2 Å². The zero-order chi connectivity index (χ0) is 11.1. The van der Waals surface area contributed by atoms with Gasteiger partial charge in [0, 0.05) is 12.6 Å². The molecule has 2 unspecified atom stereocenters. The van der Waals surface area contributed by atoms with E-state index in [2.05, 4.69) is 30.5 Å². The molecule has 2 N–H and O–H groups in total. The summed E-state index contributed by atoms with van der Waals surface area (Å²) in [6.07, 6.45) is 4.01. The summed E-state index contributed by atoms with van der Waals surface area (Å²) in [4.78, 5) is 2.60. The van der Waals surface area contributed by atoms with E-state index in [1.165, 1.54) is 50.4 Å². The fourth-order valence-electron chi connectivity index (χ4n) is 2.26. The summed E-state index contributed by atoms with van der Waals surface area (Å²) >= 11 is 2.05. The Morgan fingerprint density at radius 1 is 1.53 bits per heavy atom. The zero-order valence-corrected chi connectivity index (χ0v) is 11.1. The van der Waals surface area contributed by atoms with Crippen LogP contribution in [-0.4, -0.2) is 42.1 Å². The number of piperidine rings is 1. The summed E-state index contributed by atoms with van der Waals surface area (Å²) < 4.78 is 0. The van der Waals surface area contributed by atoms with E-state index >= 15 is 0 Å². The molecule has 1 fully saturated rings.